The third-order valence-corrected chi connectivity index (χ3v) is 14.9. The van der Waals surface area contributed by atoms with E-state index < -0.39 is 66.6 Å². The van der Waals surface area contributed by atoms with Gasteiger partial charge in [0.1, 0.15) is 31.0 Å². The minimum absolute atomic E-state index is 0.0607. The van der Waals surface area contributed by atoms with Crippen LogP contribution in [0.25, 0.3) is 0 Å². The number of hydrogen-bond acceptors (Lipinski definition) is 9. The minimum Gasteiger partial charge on any atom is -0.452 e. The lowest BCUT2D eigenvalue weighted by Crippen LogP contribution is -2.59. The summed E-state index contributed by atoms with van der Waals surface area (Å²) in [5, 5.41) is 2.65. The first-order valence-corrected chi connectivity index (χ1v) is 18.5. The quantitative estimate of drug-likeness (QED) is 0.166. The molecule has 1 N–H and O–H groups in total. The Labute approximate surface area is 248 Å². The molecular weight excluding hydrogens is 578 g/mol. The van der Waals surface area contributed by atoms with Crippen LogP contribution in [0.3, 0.4) is 0 Å². The lowest BCUT2D eigenvalue weighted by Gasteiger charge is -2.44. The van der Waals surface area contributed by atoms with Gasteiger partial charge in [-0.2, -0.15) is 8.42 Å². The van der Waals surface area contributed by atoms with Crippen molar-refractivity contribution in [1.82, 2.24) is 5.32 Å². The van der Waals surface area contributed by atoms with Gasteiger partial charge in [0.25, 0.3) is 10.1 Å². The molecule has 5 rings (SSSR count). The number of aryl methyl sites for hydroxylation is 1. The molecule has 1 spiro atoms. The van der Waals surface area contributed by atoms with Gasteiger partial charge in [-0.05, 0) is 42.8 Å². The molecule has 1 amide bonds. The van der Waals surface area contributed by atoms with Gasteiger partial charge >= 0.3 is 12.1 Å². The van der Waals surface area contributed by atoms with Gasteiger partial charge in [-0.3, -0.25) is 4.18 Å². The van der Waals surface area contributed by atoms with E-state index in [0.29, 0.717) is 0 Å². The molecule has 3 aliphatic rings. The standard InChI is InChI=1S/C30H39NO9SSi/c1-5-42(6-2,7-3)40-25-17-24(39-41(34,35)22-15-13-20(4)14-16-22)26-27(37-26)30(25)18-23(28(32)38-30)31-29(33)36-19-21-11-9-8-10-12-21/h8-16,23-27H,5-7,17-19H2,1-4H3,(H,31,33)/t23-,24+,25-,26+,27+,30+/m0/s1. The maximum absolute atomic E-state index is 13.2. The van der Waals surface area contributed by atoms with Crippen molar-refractivity contribution in [2.75, 3.05) is 0 Å². The number of amides is 1. The van der Waals surface area contributed by atoms with Gasteiger partial charge in [0.2, 0.25) is 0 Å². The highest BCUT2D eigenvalue weighted by atomic mass is 32.2. The van der Waals surface area contributed by atoms with Crippen LogP contribution in [0.4, 0.5) is 4.79 Å². The molecule has 42 heavy (non-hydrogen) atoms. The lowest BCUT2D eigenvalue weighted by atomic mass is 9.78. The van der Waals surface area contributed by atoms with Crippen LogP contribution in [-0.4, -0.2) is 64.9 Å². The zero-order valence-electron chi connectivity index (χ0n) is 24.4. The van der Waals surface area contributed by atoms with Gasteiger partial charge in [-0.1, -0.05) is 68.8 Å². The SMILES string of the molecule is CC[Si](CC)(CC)O[C@H]1C[C@@H](OS(=O)(=O)c2ccc(C)cc2)[C@H]2O[C@H]2[C@@]12C[C@H](NC(=O)OCc1ccccc1)C(=O)O2. The average molecular weight is 618 g/mol. The van der Waals surface area contributed by atoms with E-state index in [4.69, 9.17) is 22.8 Å². The molecule has 2 heterocycles. The van der Waals surface area contributed by atoms with E-state index in [1.54, 1.807) is 12.1 Å². The van der Waals surface area contributed by atoms with E-state index in [1.165, 1.54) is 12.1 Å². The molecule has 2 saturated heterocycles. The highest BCUT2D eigenvalue weighted by Crippen LogP contribution is 2.53. The first-order valence-electron chi connectivity index (χ1n) is 14.6. The van der Waals surface area contributed by atoms with Gasteiger partial charge in [-0.15, -0.1) is 0 Å². The van der Waals surface area contributed by atoms with Gasteiger partial charge in [-0.25, -0.2) is 9.59 Å². The number of hydrogen-bond donors (Lipinski definition) is 1. The number of ether oxygens (including phenoxy) is 3. The number of fused-ring (bicyclic) bond motifs is 2. The van der Waals surface area contributed by atoms with Crippen molar-refractivity contribution >= 4 is 30.5 Å². The summed E-state index contributed by atoms with van der Waals surface area (Å²) in [6.45, 7) is 8.21. The van der Waals surface area contributed by atoms with Crippen LogP contribution < -0.4 is 5.32 Å². The van der Waals surface area contributed by atoms with E-state index in [2.05, 4.69) is 26.1 Å². The molecule has 1 aliphatic carbocycles. The molecule has 3 fully saturated rings. The van der Waals surface area contributed by atoms with Crippen molar-refractivity contribution in [3.63, 3.8) is 0 Å². The molecule has 10 nitrogen and oxygen atoms in total. The summed E-state index contributed by atoms with van der Waals surface area (Å²) in [6.07, 6.45) is -3.14. The lowest BCUT2D eigenvalue weighted by molar-refractivity contribution is -0.164. The molecule has 1 saturated carbocycles. The maximum Gasteiger partial charge on any atom is 0.408 e. The van der Waals surface area contributed by atoms with E-state index >= 15 is 0 Å². The van der Waals surface area contributed by atoms with Crippen LogP contribution in [-0.2, 0) is 44.3 Å². The molecule has 0 bridgehead atoms. The van der Waals surface area contributed by atoms with Crippen LogP contribution in [0.1, 0.15) is 44.7 Å². The summed E-state index contributed by atoms with van der Waals surface area (Å²) in [5.74, 6) is -0.599. The fourth-order valence-electron chi connectivity index (χ4n) is 6.09. The Morgan fingerprint density at radius 2 is 1.71 bits per heavy atom. The molecule has 2 aromatic carbocycles. The first kappa shape index (κ1) is 30.7. The Morgan fingerprint density at radius 1 is 1.05 bits per heavy atom. The highest BCUT2D eigenvalue weighted by molar-refractivity contribution is 7.86. The predicted molar refractivity (Wildman–Crippen MR) is 156 cm³/mol. The Kier molecular flexibility index (Phi) is 8.82. The Hall–Kier alpha value is -2.77. The van der Waals surface area contributed by atoms with Crippen LogP contribution in [0.5, 0.6) is 0 Å². The zero-order valence-corrected chi connectivity index (χ0v) is 26.2. The fraction of sp³-hybridized carbons (Fsp3) is 0.533. The van der Waals surface area contributed by atoms with Crippen molar-refractivity contribution in [3.8, 4) is 0 Å². The van der Waals surface area contributed by atoms with Gasteiger partial charge in [0.15, 0.2) is 13.9 Å². The molecule has 12 heteroatoms. The molecule has 228 valence electrons. The van der Waals surface area contributed by atoms with Crippen LogP contribution >= 0.6 is 0 Å². The summed E-state index contributed by atoms with van der Waals surface area (Å²) in [5.41, 5.74) is 0.576. The Balaban J connectivity index is 1.35. The van der Waals surface area contributed by atoms with Crippen molar-refractivity contribution in [1.29, 1.82) is 0 Å². The smallest absolute Gasteiger partial charge is 0.408 e. The van der Waals surface area contributed by atoms with E-state index in [0.717, 1.165) is 29.3 Å². The van der Waals surface area contributed by atoms with Crippen LogP contribution in [0.15, 0.2) is 59.5 Å². The molecule has 6 atom stereocenters. The second-order valence-electron chi connectivity index (χ2n) is 11.3. The predicted octanol–water partition coefficient (Wildman–Crippen LogP) is 4.61. The van der Waals surface area contributed by atoms with Crippen molar-refractivity contribution in [2.24, 2.45) is 0 Å². The topological polar surface area (TPSA) is 130 Å². The van der Waals surface area contributed by atoms with Gasteiger partial charge in [0.05, 0.1) is 11.0 Å². The fourth-order valence-corrected chi connectivity index (χ4v) is 10.1. The van der Waals surface area contributed by atoms with E-state index in [9.17, 15) is 18.0 Å². The van der Waals surface area contributed by atoms with E-state index in [1.807, 2.05) is 37.3 Å². The highest BCUT2D eigenvalue weighted by Gasteiger charge is 2.72. The third-order valence-electron chi connectivity index (χ3n) is 8.85. The number of epoxide rings is 1. The van der Waals surface area contributed by atoms with Gasteiger partial charge < -0.3 is 24.0 Å². The van der Waals surface area contributed by atoms with Crippen molar-refractivity contribution in [2.45, 2.75) is 106 Å². The summed E-state index contributed by atoms with van der Waals surface area (Å²) < 4.78 is 56.4. The molecule has 0 aromatic heterocycles. The summed E-state index contributed by atoms with van der Waals surface area (Å²) in [7, 11) is -6.33. The van der Waals surface area contributed by atoms with Crippen LogP contribution in [0.2, 0.25) is 18.1 Å². The second kappa shape index (κ2) is 12.1. The number of benzene rings is 2. The molecule has 0 unspecified atom stereocenters. The van der Waals surface area contributed by atoms with Crippen molar-refractivity contribution in [3.05, 3.63) is 65.7 Å². The zero-order chi connectivity index (χ0) is 30.1. The van der Waals surface area contributed by atoms with Crippen LogP contribution in [0, 0.1) is 6.92 Å². The number of alkyl carbamates (subject to hydrolysis) is 1. The molecule has 2 aromatic rings. The third kappa shape index (κ3) is 6.14. The van der Waals surface area contributed by atoms with E-state index in [-0.39, 0.29) is 24.3 Å². The summed E-state index contributed by atoms with van der Waals surface area (Å²) in [6, 6.07) is 17.3. The first-order chi connectivity index (χ1) is 20.0. The normalized spacial score (nSPS) is 28.7. The number of carbonyl (C=O) groups is 2. The number of rotatable bonds is 11. The summed E-state index contributed by atoms with van der Waals surface area (Å²) >= 11 is 0. The second-order valence-corrected chi connectivity index (χ2v) is 17.6. The number of nitrogens with one attached hydrogen (secondary N) is 1. The molecular formula is C30H39NO9SSi. The number of esters is 1. The molecule has 2 aliphatic heterocycles. The average Bonchev–Trinajstić information content (AvgIpc) is 3.74. The maximum atomic E-state index is 13.2. The van der Waals surface area contributed by atoms with Gasteiger partial charge in [0, 0.05) is 12.8 Å². The Bertz CT molecular complexity index is 1370. The van der Waals surface area contributed by atoms with Crippen molar-refractivity contribution < 1.29 is 40.8 Å². The summed E-state index contributed by atoms with van der Waals surface area (Å²) in [4.78, 5) is 25.8. The largest absolute Gasteiger partial charge is 0.452 e. The number of carbonyl (C=O) groups excluding carboxylic acids is 2. The monoisotopic (exact) mass is 617 g/mol. The minimum atomic E-state index is -4.07. The molecule has 0 radical (unpaired) electrons. The Morgan fingerprint density at radius 3 is 2.36 bits per heavy atom.